The maximum Gasteiger partial charge on any atom is 0.251 e. The third kappa shape index (κ3) is 4.16. The second-order valence-electron chi connectivity index (χ2n) is 1.96. The summed E-state index contributed by atoms with van der Waals surface area (Å²) in [5, 5.41) is 10.7. The Hall–Kier alpha value is 0.0400. The molecule has 6 heteroatoms. The molecule has 0 aromatic heterocycles. The van der Waals surface area contributed by atoms with Crippen molar-refractivity contribution >= 4 is 40.7 Å². The van der Waals surface area contributed by atoms with E-state index in [9.17, 15) is 4.79 Å². The number of amides is 1. The molecule has 0 rings (SSSR count). The molecule has 0 atom stereocenters. The van der Waals surface area contributed by atoms with Crippen LogP contribution in [0.4, 0.5) is 0 Å². The number of hydrogen-bond acceptors (Lipinski definition) is 2. The molecule has 0 saturated carbocycles. The maximum absolute atomic E-state index is 11.0. The van der Waals surface area contributed by atoms with Crippen molar-refractivity contribution in [1.29, 1.82) is 0 Å². The van der Waals surface area contributed by atoms with E-state index in [1.807, 2.05) is 0 Å². The lowest BCUT2D eigenvalue weighted by Crippen LogP contribution is -2.31. The van der Waals surface area contributed by atoms with Gasteiger partial charge < -0.3 is 10.4 Å². The SMILES string of the molecule is C=C(C(=O)NCCO)C(Cl)(Cl)Cl. The summed E-state index contributed by atoms with van der Waals surface area (Å²) in [7, 11) is 0. The molecule has 0 fully saturated rings. The molecule has 0 saturated heterocycles. The van der Waals surface area contributed by atoms with Gasteiger partial charge >= 0.3 is 0 Å². The van der Waals surface area contributed by atoms with E-state index in [2.05, 4.69) is 11.9 Å². The predicted octanol–water partition coefficient (Wildman–Crippen LogP) is 1.02. The van der Waals surface area contributed by atoms with Gasteiger partial charge in [0.2, 0.25) is 3.79 Å². The normalized spacial score (nSPS) is 11.0. The highest BCUT2D eigenvalue weighted by molar-refractivity contribution is 6.70. The fourth-order valence-electron chi connectivity index (χ4n) is 0.405. The van der Waals surface area contributed by atoms with E-state index in [0.717, 1.165) is 0 Å². The monoisotopic (exact) mass is 231 g/mol. The molecule has 0 radical (unpaired) electrons. The first-order chi connectivity index (χ1) is 5.39. The molecule has 0 aliphatic rings. The smallest absolute Gasteiger partial charge is 0.251 e. The third-order valence-corrected chi connectivity index (χ3v) is 1.70. The highest BCUT2D eigenvalue weighted by Crippen LogP contribution is 2.33. The zero-order valence-corrected chi connectivity index (χ0v) is 8.38. The number of carbonyl (C=O) groups excluding carboxylic acids is 1. The highest BCUT2D eigenvalue weighted by Gasteiger charge is 2.29. The summed E-state index contributed by atoms with van der Waals surface area (Å²) in [6.45, 7) is 3.23. The van der Waals surface area contributed by atoms with Gasteiger partial charge in [-0.15, -0.1) is 0 Å². The zero-order chi connectivity index (χ0) is 9.78. The number of nitrogens with one attached hydrogen (secondary N) is 1. The first-order valence-electron chi connectivity index (χ1n) is 3.04. The summed E-state index contributed by atoms with van der Waals surface area (Å²) in [5.41, 5.74) is -0.166. The second-order valence-corrected chi connectivity index (χ2v) is 4.24. The van der Waals surface area contributed by atoms with Crippen molar-refractivity contribution < 1.29 is 9.90 Å². The van der Waals surface area contributed by atoms with Gasteiger partial charge in [0.25, 0.3) is 5.91 Å². The maximum atomic E-state index is 11.0. The molecule has 2 N–H and O–H groups in total. The lowest BCUT2D eigenvalue weighted by molar-refractivity contribution is -0.117. The summed E-state index contributed by atoms with van der Waals surface area (Å²) < 4.78 is -1.79. The van der Waals surface area contributed by atoms with E-state index in [0.29, 0.717) is 0 Å². The highest BCUT2D eigenvalue weighted by atomic mass is 35.6. The third-order valence-electron chi connectivity index (χ3n) is 1.01. The fourth-order valence-corrected chi connectivity index (χ4v) is 0.662. The van der Waals surface area contributed by atoms with Crippen LogP contribution in [-0.2, 0) is 4.79 Å². The minimum absolute atomic E-state index is 0.110. The van der Waals surface area contributed by atoms with Crippen molar-refractivity contribution in [2.75, 3.05) is 13.2 Å². The Morgan fingerprint density at radius 2 is 2.00 bits per heavy atom. The average Bonchev–Trinajstić information content (AvgIpc) is 1.97. The lowest BCUT2D eigenvalue weighted by atomic mass is 10.3. The number of halogens is 3. The van der Waals surface area contributed by atoms with E-state index in [-0.39, 0.29) is 18.7 Å². The molecule has 0 aliphatic carbocycles. The van der Waals surface area contributed by atoms with Crippen LogP contribution in [0, 0.1) is 0 Å². The van der Waals surface area contributed by atoms with Gasteiger partial charge in [-0.25, -0.2) is 0 Å². The van der Waals surface area contributed by atoms with Crippen LogP contribution in [0.5, 0.6) is 0 Å². The molecule has 0 aromatic carbocycles. The van der Waals surface area contributed by atoms with E-state index >= 15 is 0 Å². The topological polar surface area (TPSA) is 49.3 Å². The molecule has 1 amide bonds. The van der Waals surface area contributed by atoms with Gasteiger partial charge in [0.05, 0.1) is 12.2 Å². The van der Waals surface area contributed by atoms with Gasteiger partial charge in [-0.3, -0.25) is 4.79 Å². The van der Waals surface area contributed by atoms with E-state index in [4.69, 9.17) is 39.9 Å². The minimum Gasteiger partial charge on any atom is -0.395 e. The minimum atomic E-state index is -1.79. The predicted molar refractivity (Wildman–Crippen MR) is 49.5 cm³/mol. The molecule has 0 bridgehead atoms. The molecule has 0 heterocycles. The molecule has 0 unspecified atom stereocenters. The average molecular weight is 232 g/mol. The largest absolute Gasteiger partial charge is 0.395 e. The van der Waals surface area contributed by atoms with Crippen LogP contribution in [0.25, 0.3) is 0 Å². The van der Waals surface area contributed by atoms with Gasteiger partial charge in [-0.05, 0) is 0 Å². The summed E-state index contributed by atoms with van der Waals surface area (Å²) >= 11 is 16.1. The van der Waals surface area contributed by atoms with Crippen LogP contribution in [0.1, 0.15) is 0 Å². The van der Waals surface area contributed by atoms with Crippen molar-refractivity contribution in [3.8, 4) is 0 Å². The fraction of sp³-hybridized carbons (Fsp3) is 0.500. The first-order valence-corrected chi connectivity index (χ1v) is 4.18. The van der Waals surface area contributed by atoms with Crippen LogP contribution in [0.3, 0.4) is 0 Å². The summed E-state index contributed by atoms with van der Waals surface area (Å²) in [6, 6.07) is 0. The van der Waals surface area contributed by atoms with Gasteiger partial charge in [0.1, 0.15) is 0 Å². The number of rotatable bonds is 3. The van der Waals surface area contributed by atoms with Gasteiger partial charge in [0.15, 0.2) is 0 Å². The first kappa shape index (κ1) is 12.0. The molecule has 0 aliphatic heterocycles. The molecule has 0 aromatic rings. The van der Waals surface area contributed by atoms with Crippen molar-refractivity contribution in [2.45, 2.75) is 3.79 Å². The van der Waals surface area contributed by atoms with E-state index in [1.54, 1.807) is 0 Å². The number of hydrogen-bond donors (Lipinski definition) is 2. The zero-order valence-electron chi connectivity index (χ0n) is 6.11. The van der Waals surface area contributed by atoms with Crippen molar-refractivity contribution in [3.05, 3.63) is 12.2 Å². The lowest BCUT2D eigenvalue weighted by Gasteiger charge is -2.13. The Kier molecular flexibility index (Phi) is 4.94. The summed E-state index contributed by atoms with van der Waals surface area (Å²) in [6.07, 6.45) is 0. The van der Waals surface area contributed by atoms with Gasteiger partial charge in [-0.2, -0.15) is 0 Å². The number of carbonyl (C=O) groups is 1. The molecule has 70 valence electrons. The Morgan fingerprint density at radius 3 is 2.33 bits per heavy atom. The number of aliphatic hydroxyl groups is 1. The number of aliphatic hydroxyl groups excluding tert-OH is 1. The van der Waals surface area contributed by atoms with Crippen LogP contribution < -0.4 is 5.32 Å². The second kappa shape index (κ2) is 4.92. The molecule has 12 heavy (non-hydrogen) atoms. The van der Waals surface area contributed by atoms with Crippen molar-refractivity contribution in [1.82, 2.24) is 5.32 Å². The van der Waals surface area contributed by atoms with E-state index in [1.165, 1.54) is 0 Å². The van der Waals surface area contributed by atoms with E-state index < -0.39 is 9.70 Å². The van der Waals surface area contributed by atoms with Gasteiger partial charge in [0, 0.05) is 6.54 Å². The molecular weight excluding hydrogens is 224 g/mol. The van der Waals surface area contributed by atoms with Crippen molar-refractivity contribution in [2.24, 2.45) is 0 Å². The summed E-state index contributed by atoms with van der Waals surface area (Å²) in [4.78, 5) is 11.0. The Balaban J connectivity index is 4.04. The van der Waals surface area contributed by atoms with Crippen LogP contribution in [0.15, 0.2) is 12.2 Å². The van der Waals surface area contributed by atoms with Crippen LogP contribution in [-0.4, -0.2) is 28.0 Å². The van der Waals surface area contributed by atoms with Crippen molar-refractivity contribution in [3.63, 3.8) is 0 Å². The Bertz CT molecular complexity index is 188. The van der Waals surface area contributed by atoms with Gasteiger partial charge in [-0.1, -0.05) is 41.4 Å². The molecule has 0 spiro atoms. The van der Waals surface area contributed by atoms with Crippen LogP contribution in [0.2, 0.25) is 0 Å². The van der Waals surface area contributed by atoms with Crippen LogP contribution >= 0.6 is 34.8 Å². The summed E-state index contributed by atoms with van der Waals surface area (Å²) in [5.74, 6) is -0.580. The Labute approximate surface area is 85.3 Å². The number of alkyl halides is 3. The Morgan fingerprint density at radius 1 is 1.50 bits per heavy atom. The molecular formula is C6H8Cl3NO2. The standard InChI is InChI=1S/C6H8Cl3NO2/c1-4(6(7,8)9)5(12)10-2-3-11/h11H,1-3H2,(H,10,12). The molecule has 3 nitrogen and oxygen atoms in total. The quantitative estimate of drug-likeness (QED) is 0.564.